The maximum absolute atomic E-state index is 6.15. The van der Waals surface area contributed by atoms with Gasteiger partial charge in [0, 0.05) is 13.2 Å². The number of benzene rings is 1. The molecule has 1 aromatic carbocycles. The highest BCUT2D eigenvalue weighted by molar-refractivity contribution is 5.29. The predicted molar refractivity (Wildman–Crippen MR) is 73.3 cm³/mol. The molecule has 0 spiro atoms. The van der Waals surface area contributed by atoms with Crippen LogP contribution in [0.4, 0.5) is 0 Å². The lowest BCUT2D eigenvalue weighted by molar-refractivity contribution is 0.107. The van der Waals surface area contributed by atoms with E-state index in [2.05, 4.69) is 39.0 Å². The monoisotopic (exact) mass is 235 g/mol. The van der Waals surface area contributed by atoms with Crippen LogP contribution in [0.15, 0.2) is 18.2 Å². The Hall–Kier alpha value is -0.860. The number of hydrogen-bond acceptors (Lipinski definition) is 2. The van der Waals surface area contributed by atoms with Gasteiger partial charge in [0.25, 0.3) is 0 Å². The summed E-state index contributed by atoms with van der Waals surface area (Å²) in [6, 6.07) is 6.88. The highest BCUT2D eigenvalue weighted by Crippen LogP contribution is 2.13. The molecule has 2 atom stereocenters. The van der Waals surface area contributed by atoms with E-state index in [1.54, 1.807) is 7.11 Å². The molecule has 0 aliphatic carbocycles. The number of nitrogens with two attached hydrogens (primary N) is 1. The molecule has 0 fully saturated rings. The molecule has 1 aromatic rings. The molecule has 0 radical (unpaired) electrons. The Morgan fingerprint density at radius 2 is 1.71 bits per heavy atom. The molecule has 0 aliphatic rings. The topological polar surface area (TPSA) is 35.2 Å². The summed E-state index contributed by atoms with van der Waals surface area (Å²) in [5.41, 5.74) is 10.1. The number of methoxy groups -OCH3 is 1. The Morgan fingerprint density at radius 1 is 1.12 bits per heavy atom. The van der Waals surface area contributed by atoms with Gasteiger partial charge in [-0.25, -0.2) is 0 Å². The molecule has 0 aromatic heterocycles. The predicted octanol–water partition coefficient (Wildman–Crippen LogP) is 2.99. The molecule has 2 unspecified atom stereocenters. The lowest BCUT2D eigenvalue weighted by atomic mass is 9.98. The van der Waals surface area contributed by atoms with E-state index in [9.17, 15) is 0 Å². The molecule has 96 valence electrons. The van der Waals surface area contributed by atoms with E-state index in [1.807, 2.05) is 0 Å². The van der Waals surface area contributed by atoms with Crippen LogP contribution in [0, 0.1) is 13.8 Å². The molecule has 0 bridgehead atoms. The number of hydrogen-bond donors (Lipinski definition) is 1. The summed E-state index contributed by atoms with van der Waals surface area (Å²) < 4.78 is 5.23. The summed E-state index contributed by atoms with van der Waals surface area (Å²) in [5.74, 6) is 0. The van der Waals surface area contributed by atoms with E-state index in [4.69, 9.17) is 10.5 Å². The molecule has 0 amide bonds. The summed E-state index contributed by atoms with van der Waals surface area (Å²) in [4.78, 5) is 0. The quantitative estimate of drug-likeness (QED) is 0.822. The third kappa shape index (κ3) is 5.33. The van der Waals surface area contributed by atoms with Crippen molar-refractivity contribution in [3.05, 3.63) is 34.9 Å². The molecule has 0 aliphatic heterocycles. The Kier molecular flexibility index (Phi) is 5.66. The third-order valence-corrected chi connectivity index (χ3v) is 3.13. The molecule has 1 rings (SSSR count). The van der Waals surface area contributed by atoms with Crippen molar-refractivity contribution in [3.8, 4) is 0 Å². The molecule has 0 heterocycles. The van der Waals surface area contributed by atoms with E-state index in [-0.39, 0.29) is 6.04 Å². The lowest BCUT2D eigenvalue weighted by Crippen LogP contribution is -2.24. The van der Waals surface area contributed by atoms with Gasteiger partial charge in [-0.2, -0.15) is 0 Å². The van der Waals surface area contributed by atoms with Crippen LogP contribution in [0.3, 0.4) is 0 Å². The van der Waals surface area contributed by atoms with Crippen LogP contribution in [0.5, 0.6) is 0 Å². The second kappa shape index (κ2) is 6.77. The maximum Gasteiger partial charge on any atom is 0.0543 e. The standard InChI is InChI=1S/C15H25NO/c1-11-7-12(2)9-14(8-11)10-15(16)6-5-13(3)17-4/h7-9,13,15H,5-6,10,16H2,1-4H3. The molecule has 17 heavy (non-hydrogen) atoms. The van der Waals surface area contributed by atoms with Crippen molar-refractivity contribution >= 4 is 0 Å². The first-order chi connectivity index (χ1) is 8.01. The van der Waals surface area contributed by atoms with Crippen molar-refractivity contribution in [1.82, 2.24) is 0 Å². The number of ether oxygens (including phenoxy) is 1. The Labute approximate surface area is 105 Å². The Bertz CT molecular complexity index is 329. The van der Waals surface area contributed by atoms with Crippen molar-refractivity contribution in [2.75, 3.05) is 7.11 Å². The van der Waals surface area contributed by atoms with E-state index < -0.39 is 0 Å². The molecular weight excluding hydrogens is 210 g/mol. The number of aryl methyl sites for hydroxylation is 2. The largest absolute Gasteiger partial charge is 0.382 e. The van der Waals surface area contributed by atoms with Gasteiger partial charge in [-0.05, 0) is 45.6 Å². The average Bonchev–Trinajstić information content (AvgIpc) is 2.24. The highest BCUT2D eigenvalue weighted by atomic mass is 16.5. The molecule has 2 nitrogen and oxygen atoms in total. The van der Waals surface area contributed by atoms with Gasteiger partial charge in [0.15, 0.2) is 0 Å². The van der Waals surface area contributed by atoms with Crippen molar-refractivity contribution in [1.29, 1.82) is 0 Å². The zero-order valence-electron chi connectivity index (χ0n) is 11.5. The van der Waals surface area contributed by atoms with Crippen LogP contribution >= 0.6 is 0 Å². The summed E-state index contributed by atoms with van der Waals surface area (Å²) in [7, 11) is 1.75. The van der Waals surface area contributed by atoms with E-state index in [1.165, 1.54) is 16.7 Å². The fourth-order valence-corrected chi connectivity index (χ4v) is 2.16. The summed E-state index contributed by atoms with van der Waals surface area (Å²) in [5, 5.41) is 0. The molecule has 2 heteroatoms. The first-order valence-corrected chi connectivity index (χ1v) is 6.36. The second-order valence-electron chi connectivity index (χ2n) is 5.08. The summed E-state index contributed by atoms with van der Waals surface area (Å²) in [6.07, 6.45) is 3.31. The lowest BCUT2D eigenvalue weighted by Gasteiger charge is -2.15. The number of rotatable bonds is 6. The van der Waals surface area contributed by atoms with Gasteiger partial charge < -0.3 is 10.5 Å². The van der Waals surface area contributed by atoms with Gasteiger partial charge >= 0.3 is 0 Å². The third-order valence-electron chi connectivity index (χ3n) is 3.13. The highest BCUT2D eigenvalue weighted by Gasteiger charge is 2.07. The second-order valence-corrected chi connectivity index (χ2v) is 5.08. The first-order valence-electron chi connectivity index (χ1n) is 6.36. The van der Waals surface area contributed by atoms with E-state index in [0.29, 0.717) is 6.10 Å². The minimum atomic E-state index is 0.230. The van der Waals surface area contributed by atoms with Crippen molar-refractivity contribution in [3.63, 3.8) is 0 Å². The van der Waals surface area contributed by atoms with Crippen LogP contribution in [0.2, 0.25) is 0 Å². The Morgan fingerprint density at radius 3 is 2.24 bits per heavy atom. The van der Waals surface area contributed by atoms with Gasteiger partial charge in [-0.1, -0.05) is 29.3 Å². The van der Waals surface area contributed by atoms with E-state index in [0.717, 1.165) is 19.3 Å². The average molecular weight is 235 g/mol. The fourth-order valence-electron chi connectivity index (χ4n) is 2.16. The Balaban J connectivity index is 2.47. The van der Waals surface area contributed by atoms with Gasteiger partial charge in [0.2, 0.25) is 0 Å². The van der Waals surface area contributed by atoms with Crippen LogP contribution in [-0.2, 0) is 11.2 Å². The van der Waals surface area contributed by atoms with Crippen LogP contribution in [0.1, 0.15) is 36.5 Å². The van der Waals surface area contributed by atoms with Crippen molar-refractivity contribution < 1.29 is 4.74 Å². The zero-order chi connectivity index (χ0) is 12.8. The van der Waals surface area contributed by atoms with Crippen LogP contribution < -0.4 is 5.73 Å². The van der Waals surface area contributed by atoms with Crippen molar-refractivity contribution in [2.24, 2.45) is 5.73 Å². The summed E-state index contributed by atoms with van der Waals surface area (Å²) in [6.45, 7) is 6.35. The molecule has 0 saturated carbocycles. The van der Waals surface area contributed by atoms with Crippen molar-refractivity contribution in [2.45, 2.75) is 52.2 Å². The smallest absolute Gasteiger partial charge is 0.0543 e. The molecule has 0 saturated heterocycles. The van der Waals surface area contributed by atoms with Gasteiger partial charge in [-0.3, -0.25) is 0 Å². The normalized spacial score (nSPS) is 14.6. The molecular formula is C15H25NO. The maximum atomic E-state index is 6.15. The molecule has 2 N–H and O–H groups in total. The van der Waals surface area contributed by atoms with Gasteiger partial charge in [0.1, 0.15) is 0 Å². The minimum Gasteiger partial charge on any atom is -0.382 e. The van der Waals surface area contributed by atoms with Gasteiger partial charge in [-0.15, -0.1) is 0 Å². The van der Waals surface area contributed by atoms with Gasteiger partial charge in [0.05, 0.1) is 6.10 Å². The van der Waals surface area contributed by atoms with Crippen LogP contribution in [-0.4, -0.2) is 19.3 Å². The minimum absolute atomic E-state index is 0.230. The first kappa shape index (κ1) is 14.2. The van der Waals surface area contributed by atoms with Crippen LogP contribution in [0.25, 0.3) is 0 Å². The summed E-state index contributed by atoms with van der Waals surface area (Å²) >= 11 is 0. The van der Waals surface area contributed by atoms with E-state index >= 15 is 0 Å². The SMILES string of the molecule is COC(C)CCC(N)Cc1cc(C)cc(C)c1. The fraction of sp³-hybridized carbons (Fsp3) is 0.600. The zero-order valence-corrected chi connectivity index (χ0v) is 11.5.